The number of alkyl carbamates (subject to hydrolysis) is 1. The molecule has 1 aliphatic heterocycles. The number of piperidine rings is 1. The van der Waals surface area contributed by atoms with Crippen molar-refractivity contribution in [3.63, 3.8) is 0 Å². The summed E-state index contributed by atoms with van der Waals surface area (Å²) in [5.41, 5.74) is 0.215. The van der Waals surface area contributed by atoms with Crippen LogP contribution in [0.3, 0.4) is 0 Å². The first kappa shape index (κ1) is 31.4. The first-order chi connectivity index (χ1) is 18.4. The molecule has 0 aromatic heterocycles. The number of amides is 4. The molecule has 1 aromatic carbocycles. The van der Waals surface area contributed by atoms with E-state index in [-0.39, 0.29) is 38.1 Å². The van der Waals surface area contributed by atoms with Crippen LogP contribution in [0.25, 0.3) is 0 Å². The number of rotatable bonds is 12. The van der Waals surface area contributed by atoms with E-state index in [0.717, 1.165) is 18.4 Å². The maximum atomic E-state index is 12.2. The fourth-order valence-electron chi connectivity index (χ4n) is 3.88. The van der Waals surface area contributed by atoms with E-state index in [0.29, 0.717) is 31.8 Å². The van der Waals surface area contributed by atoms with Crippen molar-refractivity contribution in [2.24, 2.45) is 5.92 Å². The molecule has 12 nitrogen and oxygen atoms in total. The van der Waals surface area contributed by atoms with Crippen molar-refractivity contribution in [3.05, 3.63) is 35.9 Å². The van der Waals surface area contributed by atoms with Crippen LogP contribution in [-0.2, 0) is 30.5 Å². The van der Waals surface area contributed by atoms with Crippen LogP contribution in [0, 0.1) is 5.92 Å². The SMILES string of the molecule is CC(C)(C)OC(=O)N1CCC(CCC(=O)NCCC(=O)NC[C@H](NC(=O)OCc2ccccc2)C(=O)O)CC1. The highest BCUT2D eigenvalue weighted by molar-refractivity contribution is 5.82. The van der Waals surface area contributed by atoms with Crippen LogP contribution in [0.2, 0.25) is 0 Å². The second-order valence-corrected chi connectivity index (χ2v) is 10.5. The van der Waals surface area contributed by atoms with E-state index in [1.54, 1.807) is 29.2 Å². The van der Waals surface area contributed by atoms with Gasteiger partial charge in [0.25, 0.3) is 0 Å². The molecule has 1 heterocycles. The average Bonchev–Trinajstić information content (AvgIpc) is 2.88. The number of carbonyl (C=O) groups is 5. The molecular weight excluding hydrogens is 508 g/mol. The maximum Gasteiger partial charge on any atom is 0.410 e. The van der Waals surface area contributed by atoms with Gasteiger partial charge in [0, 0.05) is 39.0 Å². The predicted octanol–water partition coefficient (Wildman–Crippen LogP) is 2.42. The lowest BCUT2D eigenvalue weighted by atomic mass is 9.92. The summed E-state index contributed by atoms with van der Waals surface area (Å²) < 4.78 is 10.4. The van der Waals surface area contributed by atoms with Crippen molar-refractivity contribution in [2.75, 3.05) is 26.2 Å². The summed E-state index contributed by atoms with van der Waals surface area (Å²) in [7, 11) is 0. The van der Waals surface area contributed by atoms with Crippen LogP contribution in [0.1, 0.15) is 58.4 Å². The average molecular weight is 549 g/mol. The van der Waals surface area contributed by atoms with Gasteiger partial charge in [0.15, 0.2) is 0 Å². The number of hydrogen-bond donors (Lipinski definition) is 4. The monoisotopic (exact) mass is 548 g/mol. The first-order valence-electron chi connectivity index (χ1n) is 13.1. The van der Waals surface area contributed by atoms with Crippen LogP contribution in [-0.4, -0.2) is 77.8 Å². The van der Waals surface area contributed by atoms with Crippen molar-refractivity contribution in [2.45, 2.75) is 71.1 Å². The van der Waals surface area contributed by atoms with Gasteiger partial charge in [-0.25, -0.2) is 14.4 Å². The first-order valence-corrected chi connectivity index (χ1v) is 13.1. The Morgan fingerprint density at radius 1 is 1.00 bits per heavy atom. The molecule has 1 atom stereocenters. The minimum absolute atomic E-state index is 0.0175. The molecule has 216 valence electrons. The predicted molar refractivity (Wildman–Crippen MR) is 142 cm³/mol. The zero-order chi connectivity index (χ0) is 28.8. The summed E-state index contributed by atoms with van der Waals surface area (Å²) in [5, 5.41) is 16.7. The molecule has 2 rings (SSSR count). The Kier molecular flexibility index (Phi) is 12.5. The van der Waals surface area contributed by atoms with Crippen molar-refractivity contribution in [1.29, 1.82) is 0 Å². The molecule has 0 spiro atoms. The van der Waals surface area contributed by atoms with Crippen LogP contribution < -0.4 is 16.0 Å². The lowest BCUT2D eigenvalue weighted by molar-refractivity contribution is -0.139. The minimum Gasteiger partial charge on any atom is -0.480 e. The summed E-state index contributed by atoms with van der Waals surface area (Å²) in [5.74, 6) is -1.63. The van der Waals surface area contributed by atoms with Gasteiger partial charge in [0.2, 0.25) is 11.8 Å². The number of benzene rings is 1. The molecule has 1 saturated heterocycles. The molecule has 39 heavy (non-hydrogen) atoms. The summed E-state index contributed by atoms with van der Waals surface area (Å²) in [4.78, 5) is 61.4. The van der Waals surface area contributed by atoms with Crippen molar-refractivity contribution in [1.82, 2.24) is 20.9 Å². The topological polar surface area (TPSA) is 163 Å². The summed E-state index contributed by atoms with van der Waals surface area (Å²) in [6.07, 6.45) is 1.33. The third kappa shape index (κ3) is 13.0. The molecule has 1 aromatic rings. The fraction of sp³-hybridized carbons (Fsp3) is 0.593. The minimum atomic E-state index is -1.37. The highest BCUT2D eigenvalue weighted by Crippen LogP contribution is 2.23. The zero-order valence-electron chi connectivity index (χ0n) is 22.9. The van der Waals surface area contributed by atoms with Gasteiger partial charge >= 0.3 is 18.2 Å². The Hall–Kier alpha value is -3.83. The van der Waals surface area contributed by atoms with E-state index in [1.807, 2.05) is 26.8 Å². The quantitative estimate of drug-likeness (QED) is 0.309. The van der Waals surface area contributed by atoms with Gasteiger partial charge < -0.3 is 35.4 Å². The van der Waals surface area contributed by atoms with E-state index in [2.05, 4.69) is 16.0 Å². The molecule has 0 aliphatic carbocycles. The summed E-state index contributed by atoms with van der Waals surface area (Å²) in [6, 6.07) is 7.55. The maximum absolute atomic E-state index is 12.2. The number of carboxylic acid groups (broad SMARTS) is 1. The van der Waals surface area contributed by atoms with Crippen LogP contribution in [0.15, 0.2) is 30.3 Å². The molecule has 4 amide bonds. The van der Waals surface area contributed by atoms with E-state index in [1.165, 1.54) is 0 Å². The van der Waals surface area contributed by atoms with Crippen LogP contribution >= 0.6 is 0 Å². The number of ether oxygens (including phenoxy) is 2. The number of aliphatic carboxylic acids is 1. The molecule has 0 bridgehead atoms. The molecule has 1 aliphatic rings. The van der Waals surface area contributed by atoms with Gasteiger partial charge in [0.1, 0.15) is 18.2 Å². The van der Waals surface area contributed by atoms with Gasteiger partial charge in [-0.15, -0.1) is 0 Å². The Bertz CT molecular complexity index is 972. The summed E-state index contributed by atoms with van der Waals surface area (Å²) >= 11 is 0. The molecule has 0 radical (unpaired) electrons. The Morgan fingerprint density at radius 3 is 2.26 bits per heavy atom. The lowest BCUT2D eigenvalue weighted by Gasteiger charge is -2.33. The van der Waals surface area contributed by atoms with Gasteiger partial charge in [-0.1, -0.05) is 30.3 Å². The highest BCUT2D eigenvalue weighted by Gasteiger charge is 2.27. The standard InChI is InChI=1S/C27H40N4O8/c1-27(2,3)39-26(37)31-15-12-19(13-16-31)9-10-22(32)28-14-11-23(33)29-17-21(24(34)35)30-25(36)38-18-20-7-5-4-6-8-20/h4-8,19,21H,9-18H2,1-3H3,(H,28,32)(H,29,33)(H,30,36)(H,34,35)/t21-/m0/s1. The number of hydrogen-bond acceptors (Lipinski definition) is 7. The van der Waals surface area contributed by atoms with Gasteiger partial charge in [-0.3, -0.25) is 9.59 Å². The van der Waals surface area contributed by atoms with Crippen molar-refractivity contribution in [3.8, 4) is 0 Å². The van der Waals surface area contributed by atoms with Gasteiger partial charge in [0.05, 0.1) is 0 Å². The van der Waals surface area contributed by atoms with E-state index in [9.17, 15) is 29.1 Å². The van der Waals surface area contributed by atoms with E-state index in [4.69, 9.17) is 9.47 Å². The van der Waals surface area contributed by atoms with Crippen LogP contribution in [0.5, 0.6) is 0 Å². The Labute approximate surface area is 228 Å². The van der Waals surface area contributed by atoms with Crippen molar-refractivity contribution >= 4 is 30.0 Å². The van der Waals surface area contributed by atoms with Gasteiger partial charge in [-0.05, 0) is 51.5 Å². The summed E-state index contributed by atoms with van der Waals surface area (Å²) in [6.45, 7) is 6.44. The molecule has 12 heteroatoms. The molecule has 0 saturated carbocycles. The Balaban J connectivity index is 1.58. The lowest BCUT2D eigenvalue weighted by Crippen LogP contribution is -2.48. The smallest absolute Gasteiger partial charge is 0.410 e. The van der Waals surface area contributed by atoms with Crippen LogP contribution in [0.4, 0.5) is 9.59 Å². The highest BCUT2D eigenvalue weighted by atomic mass is 16.6. The second kappa shape index (κ2) is 15.6. The zero-order valence-corrected chi connectivity index (χ0v) is 22.9. The molecule has 1 fully saturated rings. The van der Waals surface area contributed by atoms with Crippen molar-refractivity contribution < 1.29 is 38.6 Å². The number of nitrogens with zero attached hydrogens (tertiary/aromatic N) is 1. The number of nitrogens with one attached hydrogen (secondary N) is 3. The second-order valence-electron chi connectivity index (χ2n) is 10.5. The fourth-order valence-corrected chi connectivity index (χ4v) is 3.88. The number of carbonyl (C=O) groups excluding carboxylic acids is 4. The normalized spacial score (nSPS) is 14.6. The molecule has 4 N–H and O–H groups in total. The third-order valence-electron chi connectivity index (χ3n) is 6.03. The third-order valence-corrected chi connectivity index (χ3v) is 6.03. The number of likely N-dealkylation sites (tertiary alicyclic amines) is 1. The molecule has 0 unspecified atom stereocenters. The number of carboxylic acids is 1. The Morgan fingerprint density at radius 2 is 1.64 bits per heavy atom. The van der Waals surface area contributed by atoms with E-state index >= 15 is 0 Å². The van der Waals surface area contributed by atoms with E-state index < -0.39 is 29.6 Å². The largest absolute Gasteiger partial charge is 0.480 e. The van der Waals surface area contributed by atoms with Gasteiger partial charge in [-0.2, -0.15) is 0 Å². The molecular formula is C27H40N4O8.